The fourth-order valence-corrected chi connectivity index (χ4v) is 3.46. The van der Waals surface area contributed by atoms with Crippen LogP contribution in [0.15, 0.2) is 42.7 Å². The summed E-state index contributed by atoms with van der Waals surface area (Å²) in [6.07, 6.45) is 6.33. The second kappa shape index (κ2) is 6.74. The molecule has 3 heterocycles. The molecule has 4 rings (SSSR count). The summed E-state index contributed by atoms with van der Waals surface area (Å²) in [5.41, 5.74) is 1.90. The molecule has 3 aromatic rings. The number of methoxy groups -OCH3 is 1. The average Bonchev–Trinajstić information content (AvgIpc) is 3.15. The minimum atomic E-state index is -0.536. The number of carbonyl (C=O) groups is 1. The van der Waals surface area contributed by atoms with Gasteiger partial charge in [0.25, 0.3) is 5.91 Å². The number of aromatic nitrogens is 3. The fourth-order valence-electron chi connectivity index (χ4n) is 3.46. The van der Waals surface area contributed by atoms with Crippen LogP contribution in [0.4, 0.5) is 4.39 Å². The van der Waals surface area contributed by atoms with Gasteiger partial charge in [-0.2, -0.15) is 5.10 Å². The summed E-state index contributed by atoms with van der Waals surface area (Å²) in [5, 5.41) is 4.15. The average molecular weight is 354 g/mol. The first-order valence-electron chi connectivity index (χ1n) is 8.62. The van der Waals surface area contributed by atoms with E-state index in [1.54, 1.807) is 21.7 Å². The van der Waals surface area contributed by atoms with E-state index in [9.17, 15) is 9.18 Å². The lowest BCUT2D eigenvalue weighted by atomic mass is 9.98. The van der Waals surface area contributed by atoms with Crippen molar-refractivity contribution in [2.75, 3.05) is 13.7 Å². The maximum Gasteiger partial charge on any atom is 0.254 e. The van der Waals surface area contributed by atoms with Gasteiger partial charge in [-0.3, -0.25) is 4.79 Å². The number of halogens is 1. The molecule has 2 aromatic heterocycles. The lowest BCUT2D eigenvalue weighted by molar-refractivity contribution is 0.0605. The van der Waals surface area contributed by atoms with E-state index in [1.165, 1.54) is 19.2 Å². The van der Waals surface area contributed by atoms with Gasteiger partial charge in [0.2, 0.25) is 0 Å². The Balaban J connectivity index is 1.66. The van der Waals surface area contributed by atoms with E-state index in [2.05, 4.69) is 10.1 Å². The zero-order chi connectivity index (χ0) is 18.1. The Morgan fingerprint density at radius 1 is 1.27 bits per heavy atom. The molecule has 1 aliphatic heterocycles. The van der Waals surface area contributed by atoms with Crippen LogP contribution in [0, 0.1) is 5.82 Å². The number of nitrogens with zero attached hydrogens (tertiary/aromatic N) is 4. The summed E-state index contributed by atoms with van der Waals surface area (Å²) >= 11 is 0. The summed E-state index contributed by atoms with van der Waals surface area (Å²) < 4.78 is 20.6. The van der Waals surface area contributed by atoms with Crippen molar-refractivity contribution in [2.45, 2.75) is 25.3 Å². The standard InChI is InChI=1S/C19H19FN4O2/c1-26-17-6-5-13(12-14(17)20)19(25)23-10-3-2-4-16(23)15-8-11-24-18(22-15)7-9-21-24/h5-9,11-12,16H,2-4,10H2,1H3/t16-/m1/s1. The number of hydrogen-bond donors (Lipinski definition) is 0. The first-order valence-corrected chi connectivity index (χ1v) is 8.62. The first kappa shape index (κ1) is 16.5. The lowest BCUT2D eigenvalue weighted by Crippen LogP contribution is -2.39. The maximum atomic E-state index is 14.0. The molecule has 26 heavy (non-hydrogen) atoms. The van der Waals surface area contributed by atoms with Crippen LogP contribution in [0.25, 0.3) is 5.65 Å². The number of carbonyl (C=O) groups excluding carboxylic acids is 1. The predicted octanol–water partition coefficient (Wildman–Crippen LogP) is 3.24. The van der Waals surface area contributed by atoms with Crippen molar-refractivity contribution < 1.29 is 13.9 Å². The molecule has 1 amide bonds. The third-order valence-corrected chi connectivity index (χ3v) is 4.78. The van der Waals surface area contributed by atoms with Crippen LogP contribution in [-0.2, 0) is 0 Å². The molecule has 0 N–H and O–H groups in total. The van der Waals surface area contributed by atoms with Crippen LogP contribution in [0.5, 0.6) is 5.75 Å². The van der Waals surface area contributed by atoms with Crippen molar-refractivity contribution in [3.05, 3.63) is 59.8 Å². The summed E-state index contributed by atoms with van der Waals surface area (Å²) in [6.45, 7) is 0.628. The number of fused-ring (bicyclic) bond motifs is 1. The summed E-state index contributed by atoms with van der Waals surface area (Å²) in [6, 6.07) is 7.92. The van der Waals surface area contributed by atoms with Gasteiger partial charge in [0.1, 0.15) is 0 Å². The van der Waals surface area contributed by atoms with Gasteiger partial charge in [0.05, 0.1) is 25.0 Å². The third kappa shape index (κ3) is 2.89. The number of piperidine rings is 1. The van der Waals surface area contributed by atoms with Gasteiger partial charge < -0.3 is 9.64 Å². The van der Waals surface area contributed by atoms with E-state index in [4.69, 9.17) is 4.74 Å². The Labute approximate surface area is 150 Å². The Kier molecular flexibility index (Phi) is 4.28. The molecule has 0 radical (unpaired) electrons. The molecule has 0 spiro atoms. The van der Waals surface area contributed by atoms with Gasteiger partial charge in [-0.05, 0) is 43.5 Å². The van der Waals surface area contributed by atoms with Gasteiger partial charge in [-0.1, -0.05) is 0 Å². The fraction of sp³-hybridized carbons (Fsp3) is 0.316. The van der Waals surface area contributed by atoms with Crippen molar-refractivity contribution in [1.82, 2.24) is 19.5 Å². The number of amides is 1. The SMILES string of the molecule is COc1ccc(C(=O)N2CCCC[C@@H]2c2ccn3nccc3n2)cc1F. The van der Waals surface area contributed by atoms with Crippen LogP contribution in [0.2, 0.25) is 0 Å². The summed E-state index contributed by atoms with van der Waals surface area (Å²) in [4.78, 5) is 19.5. The van der Waals surface area contributed by atoms with Crippen LogP contribution >= 0.6 is 0 Å². The molecule has 7 heteroatoms. The molecular weight excluding hydrogens is 335 g/mol. The minimum Gasteiger partial charge on any atom is -0.494 e. The minimum absolute atomic E-state index is 0.124. The number of likely N-dealkylation sites (tertiary alicyclic amines) is 1. The van der Waals surface area contributed by atoms with E-state index in [0.717, 1.165) is 30.6 Å². The monoisotopic (exact) mass is 354 g/mol. The highest BCUT2D eigenvalue weighted by molar-refractivity contribution is 5.94. The van der Waals surface area contributed by atoms with Gasteiger partial charge in [0, 0.05) is 24.4 Å². The molecule has 6 nitrogen and oxygen atoms in total. The Morgan fingerprint density at radius 2 is 2.15 bits per heavy atom. The molecule has 0 bridgehead atoms. The number of hydrogen-bond acceptors (Lipinski definition) is 4. The van der Waals surface area contributed by atoms with Gasteiger partial charge >= 0.3 is 0 Å². The third-order valence-electron chi connectivity index (χ3n) is 4.78. The van der Waals surface area contributed by atoms with Crippen molar-refractivity contribution >= 4 is 11.6 Å². The van der Waals surface area contributed by atoms with Gasteiger partial charge in [-0.15, -0.1) is 0 Å². The highest BCUT2D eigenvalue weighted by atomic mass is 19.1. The molecular formula is C19H19FN4O2. The van der Waals surface area contributed by atoms with E-state index in [-0.39, 0.29) is 17.7 Å². The lowest BCUT2D eigenvalue weighted by Gasteiger charge is -2.35. The number of benzene rings is 1. The topological polar surface area (TPSA) is 59.7 Å². The highest BCUT2D eigenvalue weighted by Gasteiger charge is 2.30. The molecule has 1 saturated heterocycles. The van der Waals surface area contributed by atoms with Crippen molar-refractivity contribution in [1.29, 1.82) is 0 Å². The second-order valence-corrected chi connectivity index (χ2v) is 6.35. The summed E-state index contributed by atoms with van der Waals surface area (Å²) in [5.74, 6) is -0.596. The smallest absolute Gasteiger partial charge is 0.254 e. The Morgan fingerprint density at radius 3 is 2.96 bits per heavy atom. The molecule has 0 unspecified atom stereocenters. The number of rotatable bonds is 3. The van der Waals surface area contributed by atoms with Gasteiger partial charge in [-0.25, -0.2) is 13.9 Å². The van der Waals surface area contributed by atoms with E-state index in [0.29, 0.717) is 12.1 Å². The van der Waals surface area contributed by atoms with Crippen LogP contribution in [0.3, 0.4) is 0 Å². The molecule has 0 saturated carbocycles. The maximum absolute atomic E-state index is 14.0. The van der Waals surface area contributed by atoms with Crippen molar-refractivity contribution in [3.8, 4) is 5.75 Å². The highest BCUT2D eigenvalue weighted by Crippen LogP contribution is 2.32. The van der Waals surface area contributed by atoms with E-state index >= 15 is 0 Å². The van der Waals surface area contributed by atoms with Crippen LogP contribution in [0.1, 0.15) is 41.4 Å². The largest absolute Gasteiger partial charge is 0.494 e. The summed E-state index contributed by atoms with van der Waals surface area (Å²) in [7, 11) is 1.40. The first-order chi connectivity index (χ1) is 12.7. The Bertz CT molecular complexity index is 956. The van der Waals surface area contributed by atoms with E-state index < -0.39 is 5.82 Å². The van der Waals surface area contributed by atoms with E-state index in [1.807, 2.05) is 18.3 Å². The zero-order valence-electron chi connectivity index (χ0n) is 14.4. The molecule has 1 aliphatic rings. The Hall–Kier alpha value is -2.96. The second-order valence-electron chi connectivity index (χ2n) is 6.35. The van der Waals surface area contributed by atoms with Crippen LogP contribution in [-0.4, -0.2) is 39.1 Å². The van der Waals surface area contributed by atoms with Crippen molar-refractivity contribution in [2.24, 2.45) is 0 Å². The molecule has 0 aliphatic carbocycles. The zero-order valence-corrected chi connectivity index (χ0v) is 14.4. The normalized spacial score (nSPS) is 17.5. The van der Waals surface area contributed by atoms with Crippen molar-refractivity contribution in [3.63, 3.8) is 0 Å². The molecule has 1 fully saturated rings. The molecule has 1 atom stereocenters. The number of ether oxygens (including phenoxy) is 1. The quantitative estimate of drug-likeness (QED) is 0.724. The molecule has 134 valence electrons. The predicted molar refractivity (Wildman–Crippen MR) is 93.6 cm³/mol. The molecule has 1 aromatic carbocycles. The van der Waals surface area contributed by atoms with Gasteiger partial charge in [0.15, 0.2) is 17.2 Å². The van der Waals surface area contributed by atoms with Crippen LogP contribution < -0.4 is 4.74 Å².